The van der Waals surface area contributed by atoms with Crippen molar-refractivity contribution in [2.24, 2.45) is 0 Å². The van der Waals surface area contributed by atoms with Gasteiger partial charge in [-0.15, -0.1) is 0 Å². The van der Waals surface area contributed by atoms with Gasteiger partial charge in [0.15, 0.2) is 6.10 Å². The van der Waals surface area contributed by atoms with Gasteiger partial charge in [0.05, 0.1) is 6.61 Å². The SMILES string of the molecule is CCCCCCCCCCCCCCCCCCOC(=O)[C@@H](CCc1ccccc1)OS(=O)(=O)C(F)(F)F. The molecule has 0 amide bonds. The number of unbranched alkanes of at least 4 members (excludes halogenated alkanes) is 15. The highest BCUT2D eigenvalue weighted by molar-refractivity contribution is 7.87. The molecule has 1 aromatic rings. The van der Waals surface area contributed by atoms with Crippen LogP contribution in [0.15, 0.2) is 30.3 Å². The topological polar surface area (TPSA) is 69.7 Å². The zero-order valence-corrected chi connectivity index (χ0v) is 23.8. The summed E-state index contributed by atoms with van der Waals surface area (Å²) in [5, 5.41) is 0. The first-order valence-corrected chi connectivity index (χ1v) is 15.8. The molecule has 0 aromatic heterocycles. The largest absolute Gasteiger partial charge is 0.523 e. The molecule has 0 unspecified atom stereocenters. The number of aryl methyl sites for hydroxylation is 1. The van der Waals surface area contributed by atoms with Gasteiger partial charge >= 0.3 is 21.6 Å². The number of esters is 1. The Morgan fingerprint density at radius 1 is 0.763 bits per heavy atom. The maximum atomic E-state index is 12.8. The van der Waals surface area contributed by atoms with Crippen LogP contribution >= 0.6 is 0 Å². The molecule has 0 fully saturated rings. The molecule has 38 heavy (non-hydrogen) atoms. The summed E-state index contributed by atoms with van der Waals surface area (Å²) in [6.45, 7) is 2.26. The Morgan fingerprint density at radius 2 is 1.21 bits per heavy atom. The van der Waals surface area contributed by atoms with E-state index in [-0.39, 0.29) is 19.4 Å². The van der Waals surface area contributed by atoms with Gasteiger partial charge in [-0.2, -0.15) is 21.6 Å². The minimum atomic E-state index is -5.91. The monoisotopic (exact) mass is 564 g/mol. The Bertz CT molecular complexity index is 828. The van der Waals surface area contributed by atoms with E-state index in [1.54, 1.807) is 30.3 Å². The predicted octanol–water partition coefficient (Wildman–Crippen LogP) is 8.66. The number of rotatable bonds is 23. The van der Waals surface area contributed by atoms with Crippen LogP contribution in [0, 0.1) is 0 Å². The average molecular weight is 565 g/mol. The van der Waals surface area contributed by atoms with E-state index < -0.39 is 27.7 Å². The number of hydrogen-bond donors (Lipinski definition) is 0. The van der Waals surface area contributed by atoms with E-state index in [1.807, 2.05) is 0 Å². The lowest BCUT2D eigenvalue weighted by atomic mass is 10.0. The summed E-state index contributed by atoms with van der Waals surface area (Å²) in [5.74, 6) is -1.09. The third-order valence-corrected chi connectivity index (χ3v) is 7.62. The Morgan fingerprint density at radius 3 is 1.66 bits per heavy atom. The van der Waals surface area contributed by atoms with Crippen LogP contribution in [-0.4, -0.2) is 32.6 Å². The molecule has 1 rings (SSSR count). The third kappa shape index (κ3) is 16.4. The smallest absolute Gasteiger partial charge is 0.464 e. The van der Waals surface area contributed by atoms with Crippen LogP contribution in [0.2, 0.25) is 0 Å². The second-order valence-electron chi connectivity index (χ2n) is 9.98. The van der Waals surface area contributed by atoms with E-state index in [9.17, 15) is 26.4 Å². The third-order valence-electron chi connectivity index (χ3n) is 6.57. The zero-order valence-electron chi connectivity index (χ0n) is 23.0. The van der Waals surface area contributed by atoms with Crippen LogP contribution in [0.5, 0.6) is 0 Å². The summed E-state index contributed by atoms with van der Waals surface area (Å²) in [6.07, 6.45) is 17.3. The summed E-state index contributed by atoms with van der Waals surface area (Å²) >= 11 is 0. The number of hydrogen-bond acceptors (Lipinski definition) is 5. The van der Waals surface area contributed by atoms with Crippen LogP contribution in [0.25, 0.3) is 0 Å². The quantitative estimate of drug-likeness (QED) is 0.0576. The van der Waals surface area contributed by atoms with Crippen molar-refractivity contribution in [1.82, 2.24) is 0 Å². The number of ether oxygens (including phenoxy) is 1. The Kier molecular flexibility index (Phi) is 18.4. The maximum absolute atomic E-state index is 12.8. The summed E-state index contributed by atoms with van der Waals surface area (Å²) in [5.41, 5.74) is -4.86. The minimum absolute atomic E-state index is 0.0224. The van der Waals surface area contributed by atoms with Gasteiger partial charge in [0.1, 0.15) is 0 Å². The van der Waals surface area contributed by atoms with Crippen LogP contribution in [-0.2, 0) is 30.3 Å². The van der Waals surface area contributed by atoms with Gasteiger partial charge in [0.25, 0.3) is 0 Å². The van der Waals surface area contributed by atoms with Crippen LogP contribution in [0.1, 0.15) is 122 Å². The molecule has 0 aliphatic heterocycles. The summed E-state index contributed by atoms with van der Waals surface area (Å²) in [4.78, 5) is 12.4. The van der Waals surface area contributed by atoms with Crippen molar-refractivity contribution >= 4 is 16.1 Å². The van der Waals surface area contributed by atoms with E-state index in [1.165, 1.54) is 77.0 Å². The number of carbonyl (C=O) groups excluding carboxylic acids is 1. The normalized spacial score (nSPS) is 12.9. The van der Waals surface area contributed by atoms with Gasteiger partial charge in [-0.3, -0.25) is 0 Å². The van der Waals surface area contributed by atoms with Crippen LogP contribution in [0.4, 0.5) is 13.2 Å². The number of benzene rings is 1. The Hall–Kier alpha value is -1.61. The summed E-state index contributed by atoms with van der Waals surface area (Å²) in [6, 6.07) is 8.73. The van der Waals surface area contributed by atoms with Crippen molar-refractivity contribution in [2.45, 2.75) is 134 Å². The Labute approximate surface area is 228 Å². The van der Waals surface area contributed by atoms with Gasteiger partial charge in [-0.25, -0.2) is 8.98 Å². The molecule has 1 atom stereocenters. The highest BCUT2D eigenvalue weighted by atomic mass is 32.2. The van der Waals surface area contributed by atoms with Crippen molar-refractivity contribution in [2.75, 3.05) is 6.61 Å². The summed E-state index contributed by atoms with van der Waals surface area (Å²) < 4.78 is 70.6. The zero-order chi connectivity index (χ0) is 28.1. The number of alkyl halides is 3. The molecule has 9 heteroatoms. The number of carbonyl (C=O) groups is 1. The predicted molar refractivity (Wildman–Crippen MR) is 145 cm³/mol. The molecule has 0 heterocycles. The van der Waals surface area contributed by atoms with Gasteiger partial charge in [-0.05, 0) is 24.8 Å². The molecular formula is C29H47F3O5S. The molecule has 220 valence electrons. The van der Waals surface area contributed by atoms with Gasteiger partial charge < -0.3 is 4.74 Å². The fourth-order valence-corrected chi connectivity index (χ4v) is 4.86. The lowest BCUT2D eigenvalue weighted by molar-refractivity contribution is -0.153. The second kappa shape index (κ2) is 20.3. The lowest BCUT2D eigenvalue weighted by Gasteiger charge is -2.17. The van der Waals surface area contributed by atoms with Crippen LogP contribution in [0.3, 0.4) is 0 Å². The van der Waals surface area contributed by atoms with E-state index in [4.69, 9.17) is 4.74 Å². The van der Waals surface area contributed by atoms with Crippen molar-refractivity contribution < 1.29 is 35.3 Å². The lowest BCUT2D eigenvalue weighted by Crippen LogP contribution is -2.35. The Balaban J connectivity index is 2.18. The molecule has 0 radical (unpaired) electrons. The molecule has 0 N–H and O–H groups in total. The van der Waals surface area contributed by atoms with E-state index >= 15 is 0 Å². The first kappa shape index (κ1) is 34.4. The van der Waals surface area contributed by atoms with Gasteiger partial charge in [0.2, 0.25) is 0 Å². The highest BCUT2D eigenvalue weighted by Crippen LogP contribution is 2.27. The van der Waals surface area contributed by atoms with Gasteiger partial charge in [-0.1, -0.05) is 134 Å². The average Bonchev–Trinajstić information content (AvgIpc) is 2.88. The number of halogens is 3. The molecule has 0 bridgehead atoms. The summed E-state index contributed by atoms with van der Waals surface area (Å²) in [7, 11) is -5.91. The van der Waals surface area contributed by atoms with E-state index in [0.29, 0.717) is 6.42 Å². The molecule has 1 aromatic carbocycles. The molecule has 5 nitrogen and oxygen atoms in total. The van der Waals surface area contributed by atoms with Crippen molar-refractivity contribution in [3.05, 3.63) is 35.9 Å². The fourth-order valence-electron chi connectivity index (χ4n) is 4.27. The molecule has 0 saturated carbocycles. The maximum Gasteiger partial charge on any atom is 0.523 e. The fraction of sp³-hybridized carbons (Fsp3) is 0.759. The van der Waals surface area contributed by atoms with E-state index in [2.05, 4.69) is 11.1 Å². The van der Waals surface area contributed by atoms with Crippen LogP contribution < -0.4 is 0 Å². The molecule has 0 spiro atoms. The first-order valence-electron chi connectivity index (χ1n) is 14.4. The molecular weight excluding hydrogens is 517 g/mol. The van der Waals surface area contributed by atoms with E-state index in [0.717, 1.165) is 24.8 Å². The van der Waals surface area contributed by atoms with Crippen molar-refractivity contribution in [3.63, 3.8) is 0 Å². The van der Waals surface area contributed by atoms with Crippen molar-refractivity contribution in [3.8, 4) is 0 Å². The molecule has 0 aliphatic rings. The second-order valence-corrected chi connectivity index (χ2v) is 11.5. The molecule has 0 saturated heterocycles. The highest BCUT2D eigenvalue weighted by Gasteiger charge is 2.49. The minimum Gasteiger partial charge on any atom is -0.464 e. The van der Waals surface area contributed by atoms with Crippen molar-refractivity contribution in [1.29, 1.82) is 0 Å². The first-order chi connectivity index (χ1) is 18.2. The van der Waals surface area contributed by atoms with Gasteiger partial charge in [0, 0.05) is 0 Å². The molecule has 0 aliphatic carbocycles. The standard InChI is InChI=1S/C29H47F3O5S/c1-2-3-4-5-6-7-8-9-10-11-12-13-14-15-16-20-25-36-28(33)27(37-38(34,35)29(30,31)32)24-23-26-21-18-17-19-22-26/h17-19,21-22,27H,2-16,20,23-25H2,1H3/t27-/m1/s1.